The lowest BCUT2D eigenvalue weighted by atomic mass is 10.2. The van der Waals surface area contributed by atoms with Crippen molar-refractivity contribution in [1.82, 2.24) is 20.1 Å². The molecule has 1 N–H and O–H groups in total. The van der Waals surface area contributed by atoms with Crippen molar-refractivity contribution < 1.29 is 9.47 Å². The van der Waals surface area contributed by atoms with Crippen molar-refractivity contribution in [3.05, 3.63) is 45.9 Å². The Labute approximate surface area is 191 Å². The number of likely N-dealkylation sites (N-methyl/N-ethyl adjacent to an activating group) is 1. The van der Waals surface area contributed by atoms with Gasteiger partial charge in [-0.05, 0) is 26.1 Å². The number of ether oxygens (including phenoxy) is 2. The summed E-state index contributed by atoms with van der Waals surface area (Å²) in [6.45, 7) is 11.4. The Bertz CT molecular complexity index is 807. The zero-order valence-electron chi connectivity index (χ0n) is 19.7. The highest BCUT2D eigenvalue weighted by Crippen LogP contribution is 2.21. The molecule has 0 amide bonds. The number of para-hydroxylation sites is 1. The largest absolute Gasteiger partial charge is 0.492 e. The number of aliphatic imine (C=N–C) groups is 1. The van der Waals surface area contributed by atoms with Crippen molar-refractivity contribution in [2.45, 2.75) is 40.0 Å². The summed E-state index contributed by atoms with van der Waals surface area (Å²) in [5, 5.41) is 6.51. The summed E-state index contributed by atoms with van der Waals surface area (Å²) in [5.41, 5.74) is 2.12. The molecule has 0 fully saturated rings. The fraction of sp³-hybridized carbons (Fsp3) is 0.565. The first-order chi connectivity index (χ1) is 15.0. The lowest BCUT2D eigenvalue weighted by Crippen LogP contribution is -2.38. The van der Waals surface area contributed by atoms with E-state index < -0.39 is 0 Å². The molecule has 0 radical (unpaired) electrons. The van der Waals surface area contributed by atoms with E-state index in [1.54, 1.807) is 25.5 Å². The molecule has 1 aromatic carbocycles. The maximum atomic E-state index is 6.07. The van der Waals surface area contributed by atoms with E-state index in [-0.39, 0.29) is 6.10 Å². The first-order valence-electron chi connectivity index (χ1n) is 10.8. The maximum Gasteiger partial charge on any atom is 0.194 e. The van der Waals surface area contributed by atoms with Crippen LogP contribution >= 0.6 is 11.3 Å². The van der Waals surface area contributed by atoms with Crippen LogP contribution in [-0.2, 0) is 17.8 Å². The Morgan fingerprint density at radius 1 is 1.26 bits per heavy atom. The topological polar surface area (TPSA) is 62.2 Å². The van der Waals surface area contributed by atoms with E-state index in [0.717, 1.165) is 47.6 Å². The Kier molecular flexibility index (Phi) is 10.8. The van der Waals surface area contributed by atoms with E-state index in [9.17, 15) is 0 Å². The Morgan fingerprint density at radius 2 is 2.00 bits per heavy atom. The quantitative estimate of drug-likeness (QED) is 0.395. The van der Waals surface area contributed by atoms with Gasteiger partial charge in [0.25, 0.3) is 0 Å². The molecule has 1 aromatic heterocycles. The molecule has 2 rings (SSSR count). The fourth-order valence-electron chi connectivity index (χ4n) is 3.17. The van der Waals surface area contributed by atoms with Crippen LogP contribution in [0.15, 0.2) is 34.6 Å². The van der Waals surface area contributed by atoms with Gasteiger partial charge in [0.2, 0.25) is 0 Å². The number of hydrogen-bond donors (Lipinski definition) is 1. The fourth-order valence-corrected chi connectivity index (χ4v) is 4.02. The molecule has 0 aliphatic heterocycles. The van der Waals surface area contributed by atoms with Gasteiger partial charge in [-0.2, -0.15) is 0 Å². The SMILES string of the molecule is CCN(CC)CCOc1ccccc1CNC(=NC)N(C)Cc1csc(C(C)OC)n1. The van der Waals surface area contributed by atoms with Gasteiger partial charge in [-0.1, -0.05) is 32.0 Å². The molecule has 7 nitrogen and oxygen atoms in total. The van der Waals surface area contributed by atoms with Gasteiger partial charge in [-0.3, -0.25) is 4.99 Å². The molecule has 0 bridgehead atoms. The molecule has 1 atom stereocenters. The van der Waals surface area contributed by atoms with E-state index >= 15 is 0 Å². The summed E-state index contributed by atoms with van der Waals surface area (Å²) in [5.74, 6) is 1.73. The summed E-state index contributed by atoms with van der Waals surface area (Å²) in [6.07, 6.45) is 0.0136. The average molecular weight is 448 g/mol. The van der Waals surface area contributed by atoms with Crippen LogP contribution in [0.25, 0.3) is 0 Å². The summed E-state index contributed by atoms with van der Waals surface area (Å²) >= 11 is 1.63. The number of nitrogens with one attached hydrogen (secondary N) is 1. The van der Waals surface area contributed by atoms with Gasteiger partial charge in [-0.25, -0.2) is 4.98 Å². The van der Waals surface area contributed by atoms with Crippen molar-refractivity contribution in [3.8, 4) is 5.75 Å². The van der Waals surface area contributed by atoms with Crippen LogP contribution < -0.4 is 10.1 Å². The van der Waals surface area contributed by atoms with Gasteiger partial charge in [0, 0.05) is 45.2 Å². The monoisotopic (exact) mass is 447 g/mol. The van der Waals surface area contributed by atoms with Gasteiger partial charge in [0.05, 0.1) is 12.2 Å². The van der Waals surface area contributed by atoms with Gasteiger partial charge in [0.1, 0.15) is 23.5 Å². The molecule has 2 aromatic rings. The highest BCUT2D eigenvalue weighted by molar-refractivity contribution is 7.09. The number of nitrogens with zero attached hydrogens (tertiary/aromatic N) is 4. The summed E-state index contributed by atoms with van der Waals surface area (Å²) in [4.78, 5) is 13.5. The predicted octanol–water partition coefficient (Wildman–Crippen LogP) is 3.78. The lowest BCUT2D eigenvalue weighted by molar-refractivity contribution is 0.119. The molecule has 0 aliphatic carbocycles. The highest BCUT2D eigenvalue weighted by Gasteiger charge is 2.13. The maximum absolute atomic E-state index is 6.07. The summed E-state index contributed by atoms with van der Waals surface area (Å²) < 4.78 is 11.4. The number of methoxy groups -OCH3 is 1. The van der Waals surface area contributed by atoms with Crippen molar-refractivity contribution >= 4 is 17.3 Å². The number of guanidine groups is 1. The first kappa shape index (κ1) is 25.1. The van der Waals surface area contributed by atoms with E-state index in [2.05, 4.69) is 50.4 Å². The number of rotatable bonds is 12. The van der Waals surface area contributed by atoms with Crippen LogP contribution in [0.3, 0.4) is 0 Å². The van der Waals surface area contributed by atoms with Crippen LogP contribution in [0.2, 0.25) is 0 Å². The van der Waals surface area contributed by atoms with Crippen LogP contribution in [0.5, 0.6) is 5.75 Å². The molecule has 0 aliphatic rings. The average Bonchev–Trinajstić information content (AvgIpc) is 3.26. The molecular weight excluding hydrogens is 410 g/mol. The van der Waals surface area contributed by atoms with Crippen LogP contribution in [-0.4, -0.2) is 68.2 Å². The van der Waals surface area contributed by atoms with E-state index in [0.29, 0.717) is 19.7 Å². The number of hydrogen-bond acceptors (Lipinski definition) is 6. The second-order valence-corrected chi connectivity index (χ2v) is 8.18. The predicted molar refractivity (Wildman–Crippen MR) is 129 cm³/mol. The summed E-state index contributed by atoms with van der Waals surface area (Å²) in [6, 6.07) is 8.16. The Morgan fingerprint density at radius 3 is 2.68 bits per heavy atom. The van der Waals surface area contributed by atoms with Crippen LogP contribution in [0.4, 0.5) is 0 Å². The second kappa shape index (κ2) is 13.3. The second-order valence-electron chi connectivity index (χ2n) is 7.29. The molecular formula is C23H37N5O2S. The minimum atomic E-state index is 0.0136. The van der Waals surface area contributed by atoms with E-state index in [1.165, 1.54) is 0 Å². The standard InChI is InChI=1S/C23H37N5O2S/c1-7-28(8-2)13-14-30-21-12-10-9-11-19(21)15-25-23(24-4)27(5)16-20-17-31-22(26-20)18(3)29-6/h9-12,17-18H,7-8,13-16H2,1-6H3,(H,24,25). The van der Waals surface area contributed by atoms with E-state index in [4.69, 9.17) is 9.47 Å². The first-order valence-corrected chi connectivity index (χ1v) is 11.7. The Balaban J connectivity index is 1.92. The molecule has 0 saturated heterocycles. The third-order valence-electron chi connectivity index (χ3n) is 5.21. The minimum absolute atomic E-state index is 0.0136. The molecule has 1 heterocycles. The smallest absolute Gasteiger partial charge is 0.194 e. The molecule has 8 heteroatoms. The normalized spacial score (nSPS) is 12.8. The number of benzene rings is 1. The molecule has 172 valence electrons. The highest BCUT2D eigenvalue weighted by atomic mass is 32.1. The van der Waals surface area contributed by atoms with Gasteiger partial charge >= 0.3 is 0 Å². The third-order valence-corrected chi connectivity index (χ3v) is 6.27. The molecule has 31 heavy (non-hydrogen) atoms. The lowest BCUT2D eigenvalue weighted by Gasteiger charge is -2.22. The van der Waals surface area contributed by atoms with Gasteiger partial charge in [0.15, 0.2) is 5.96 Å². The van der Waals surface area contributed by atoms with Gasteiger partial charge in [-0.15, -0.1) is 11.3 Å². The van der Waals surface area contributed by atoms with Crippen LogP contribution in [0.1, 0.15) is 43.1 Å². The van der Waals surface area contributed by atoms with Crippen molar-refractivity contribution in [1.29, 1.82) is 0 Å². The summed E-state index contributed by atoms with van der Waals surface area (Å²) in [7, 11) is 5.51. The zero-order valence-corrected chi connectivity index (χ0v) is 20.5. The van der Waals surface area contributed by atoms with E-state index in [1.807, 2.05) is 32.2 Å². The van der Waals surface area contributed by atoms with Gasteiger partial charge < -0.3 is 24.6 Å². The number of aromatic nitrogens is 1. The van der Waals surface area contributed by atoms with Crippen LogP contribution in [0, 0.1) is 0 Å². The molecule has 1 unspecified atom stereocenters. The minimum Gasteiger partial charge on any atom is -0.492 e. The Hall–Kier alpha value is -2.16. The van der Waals surface area contributed by atoms with Crippen molar-refractivity contribution in [2.75, 3.05) is 47.4 Å². The van der Waals surface area contributed by atoms with Crippen molar-refractivity contribution in [2.24, 2.45) is 4.99 Å². The number of thiazole rings is 1. The van der Waals surface area contributed by atoms with Crippen molar-refractivity contribution in [3.63, 3.8) is 0 Å². The molecule has 0 spiro atoms. The third kappa shape index (κ3) is 7.79. The molecule has 0 saturated carbocycles. The zero-order chi connectivity index (χ0) is 22.6.